The minimum Gasteiger partial charge on any atom is -0.392 e. The quantitative estimate of drug-likeness (QED) is 0.200. The lowest BCUT2D eigenvalue weighted by Crippen LogP contribution is -2.38. The monoisotopic (exact) mass is 577 g/mol. The molecule has 0 amide bonds. The number of nitrogens with one attached hydrogen (secondary N) is 1. The Morgan fingerprint density at radius 2 is 1.50 bits per heavy atom. The average molecular weight is 578 g/mol. The summed E-state index contributed by atoms with van der Waals surface area (Å²) in [4.78, 5) is 8.87. The smallest absolute Gasteiger partial charge is 0.240 e. The summed E-state index contributed by atoms with van der Waals surface area (Å²) in [5, 5.41) is 10.1. The van der Waals surface area contributed by atoms with Gasteiger partial charge in [-0.3, -0.25) is 0 Å². The van der Waals surface area contributed by atoms with Crippen LogP contribution in [0.15, 0.2) is 107 Å². The minimum absolute atomic E-state index is 0.0166. The van der Waals surface area contributed by atoms with Crippen LogP contribution >= 0.6 is 11.8 Å². The molecule has 40 heavy (non-hydrogen) atoms. The zero-order chi connectivity index (χ0) is 28.0. The molecule has 1 aliphatic rings. The van der Waals surface area contributed by atoms with Crippen LogP contribution in [0.1, 0.15) is 41.6 Å². The molecular weight excluding hydrogens is 546 g/mol. The van der Waals surface area contributed by atoms with Crippen LogP contribution in [0.5, 0.6) is 0 Å². The van der Waals surface area contributed by atoms with E-state index in [1.54, 1.807) is 48.8 Å². The second-order valence-corrected chi connectivity index (χ2v) is 12.3. The van der Waals surface area contributed by atoms with E-state index in [2.05, 4.69) is 21.6 Å². The molecular formula is C30H31N3O5S2. The van der Waals surface area contributed by atoms with E-state index < -0.39 is 16.3 Å². The zero-order valence-corrected chi connectivity index (χ0v) is 23.6. The molecule has 2 N–H and O–H groups in total. The summed E-state index contributed by atoms with van der Waals surface area (Å²) < 4.78 is 40.8. The fourth-order valence-corrected chi connectivity index (χ4v) is 6.49. The van der Waals surface area contributed by atoms with E-state index in [9.17, 15) is 13.5 Å². The second kappa shape index (κ2) is 13.0. The van der Waals surface area contributed by atoms with Crippen molar-refractivity contribution in [1.29, 1.82) is 0 Å². The van der Waals surface area contributed by atoms with Crippen LogP contribution in [-0.4, -0.2) is 35.3 Å². The highest BCUT2D eigenvalue weighted by Crippen LogP contribution is 2.42. The Hall–Kier alpha value is -3.12. The summed E-state index contributed by atoms with van der Waals surface area (Å²) in [6, 6.07) is 25.4. The first-order valence-corrected chi connectivity index (χ1v) is 15.4. The Morgan fingerprint density at radius 3 is 2.17 bits per heavy atom. The van der Waals surface area contributed by atoms with Crippen molar-refractivity contribution in [1.82, 2.24) is 14.7 Å². The largest absolute Gasteiger partial charge is 0.392 e. The molecule has 10 heteroatoms. The molecule has 208 valence electrons. The van der Waals surface area contributed by atoms with Crippen LogP contribution in [0.4, 0.5) is 0 Å². The predicted octanol–water partition coefficient (Wildman–Crippen LogP) is 5.03. The first-order chi connectivity index (χ1) is 19.4. The molecule has 0 bridgehead atoms. The van der Waals surface area contributed by atoms with Gasteiger partial charge in [0.25, 0.3) is 0 Å². The number of hydrogen-bond donors (Lipinski definition) is 2. The Bertz CT molecular complexity index is 1470. The van der Waals surface area contributed by atoms with Crippen molar-refractivity contribution in [2.45, 2.75) is 48.6 Å². The highest BCUT2D eigenvalue weighted by molar-refractivity contribution is 7.99. The van der Waals surface area contributed by atoms with E-state index in [0.29, 0.717) is 10.9 Å². The van der Waals surface area contributed by atoms with Gasteiger partial charge in [0.1, 0.15) is 0 Å². The average Bonchev–Trinajstić information content (AvgIpc) is 3.01. The SMILES string of the molecule is C[C@H]1[C@@H](CSc2ncccn2)O[C@@H](c2ccc(CNS(=O)(=O)c3ccccc3)cc2)O[C@H]1c1ccc(CO)cc1. The van der Waals surface area contributed by atoms with Crippen molar-refractivity contribution in [3.05, 3.63) is 120 Å². The van der Waals surface area contributed by atoms with Crippen molar-refractivity contribution in [3.63, 3.8) is 0 Å². The maximum absolute atomic E-state index is 12.6. The molecule has 2 heterocycles. The predicted molar refractivity (Wildman–Crippen MR) is 153 cm³/mol. The number of aliphatic hydroxyl groups is 1. The summed E-state index contributed by atoms with van der Waals surface area (Å²) in [6.45, 7) is 2.26. The minimum atomic E-state index is -3.60. The van der Waals surface area contributed by atoms with Crippen LogP contribution in [0.2, 0.25) is 0 Å². The van der Waals surface area contributed by atoms with Gasteiger partial charge in [-0.05, 0) is 34.9 Å². The Kier molecular flexibility index (Phi) is 9.25. The third-order valence-electron chi connectivity index (χ3n) is 6.81. The molecule has 0 spiro atoms. The number of aliphatic hydroxyl groups excluding tert-OH is 1. The van der Waals surface area contributed by atoms with Crippen molar-refractivity contribution in [2.75, 3.05) is 5.75 Å². The van der Waals surface area contributed by atoms with Crippen molar-refractivity contribution in [2.24, 2.45) is 5.92 Å². The van der Waals surface area contributed by atoms with Crippen LogP contribution in [0.25, 0.3) is 0 Å². The van der Waals surface area contributed by atoms with Crippen molar-refractivity contribution in [3.8, 4) is 0 Å². The molecule has 0 aliphatic carbocycles. The Labute approximate surface area is 238 Å². The molecule has 3 aromatic carbocycles. The lowest BCUT2D eigenvalue weighted by Gasteiger charge is -2.41. The third-order valence-corrected chi connectivity index (χ3v) is 9.20. The topological polar surface area (TPSA) is 111 Å². The van der Waals surface area contributed by atoms with Gasteiger partial charge < -0.3 is 14.6 Å². The molecule has 4 atom stereocenters. The number of thioether (sulfide) groups is 1. The van der Waals surface area contributed by atoms with E-state index in [1.807, 2.05) is 48.5 Å². The van der Waals surface area contributed by atoms with E-state index in [1.165, 1.54) is 11.8 Å². The first kappa shape index (κ1) is 28.4. The number of sulfonamides is 1. The van der Waals surface area contributed by atoms with Gasteiger partial charge in [0.15, 0.2) is 11.4 Å². The fourth-order valence-electron chi connectivity index (χ4n) is 4.48. The molecule has 5 rings (SSSR count). The zero-order valence-electron chi connectivity index (χ0n) is 22.0. The second-order valence-electron chi connectivity index (χ2n) is 9.54. The van der Waals surface area contributed by atoms with Gasteiger partial charge in [0.05, 0.1) is 23.7 Å². The number of rotatable bonds is 10. The van der Waals surface area contributed by atoms with Crippen LogP contribution in [0, 0.1) is 5.92 Å². The van der Waals surface area contributed by atoms with Gasteiger partial charge in [0.2, 0.25) is 10.0 Å². The van der Waals surface area contributed by atoms with Gasteiger partial charge in [-0.1, -0.05) is 85.4 Å². The number of aromatic nitrogens is 2. The fraction of sp³-hybridized carbons (Fsp3) is 0.267. The molecule has 1 fully saturated rings. The number of ether oxygens (including phenoxy) is 2. The van der Waals surface area contributed by atoms with E-state index in [0.717, 1.165) is 22.3 Å². The van der Waals surface area contributed by atoms with Gasteiger partial charge in [0, 0.05) is 36.2 Å². The number of nitrogens with zero attached hydrogens (tertiary/aromatic N) is 2. The summed E-state index contributed by atoms with van der Waals surface area (Å²) in [6.07, 6.45) is 2.45. The highest BCUT2D eigenvalue weighted by atomic mass is 32.2. The molecule has 0 radical (unpaired) electrons. The number of hydrogen-bond acceptors (Lipinski definition) is 8. The first-order valence-electron chi connectivity index (χ1n) is 13.0. The molecule has 1 aliphatic heterocycles. The summed E-state index contributed by atoms with van der Waals surface area (Å²) in [5.74, 6) is 0.689. The standard InChI is InChI=1S/C30H31N3O5S2/c1-21-27(20-39-30-31-16-5-17-32-30)37-29(38-28(21)24-12-10-23(19-34)11-13-24)25-14-8-22(9-15-25)18-33-40(35,36)26-6-3-2-4-7-26/h2-17,21,27-29,33-34H,18-20H2,1H3/t21-,27+,28+,29+/m0/s1. The van der Waals surface area contributed by atoms with Crippen molar-refractivity contribution >= 4 is 21.8 Å². The molecule has 8 nitrogen and oxygen atoms in total. The Balaban J connectivity index is 1.32. The maximum atomic E-state index is 12.6. The van der Waals surface area contributed by atoms with Gasteiger partial charge in [-0.2, -0.15) is 0 Å². The Morgan fingerprint density at radius 1 is 0.850 bits per heavy atom. The third kappa shape index (κ3) is 6.95. The summed E-state index contributed by atoms with van der Waals surface area (Å²) >= 11 is 1.54. The molecule has 0 saturated carbocycles. The van der Waals surface area contributed by atoms with Crippen LogP contribution in [-0.2, 0) is 32.6 Å². The van der Waals surface area contributed by atoms with Gasteiger partial charge in [-0.25, -0.2) is 23.1 Å². The summed E-state index contributed by atoms with van der Waals surface area (Å²) in [5.41, 5.74) is 3.50. The molecule has 1 saturated heterocycles. The highest BCUT2D eigenvalue weighted by Gasteiger charge is 2.38. The van der Waals surface area contributed by atoms with Crippen LogP contribution < -0.4 is 4.72 Å². The van der Waals surface area contributed by atoms with E-state index in [4.69, 9.17) is 9.47 Å². The van der Waals surface area contributed by atoms with Gasteiger partial charge >= 0.3 is 0 Å². The molecule has 1 aromatic heterocycles. The molecule has 4 aromatic rings. The lowest BCUT2D eigenvalue weighted by molar-refractivity contribution is -0.268. The maximum Gasteiger partial charge on any atom is 0.240 e. The van der Waals surface area contributed by atoms with Crippen molar-refractivity contribution < 1.29 is 23.0 Å². The molecule has 0 unspecified atom stereocenters. The van der Waals surface area contributed by atoms with Crippen LogP contribution in [0.3, 0.4) is 0 Å². The van der Waals surface area contributed by atoms with E-state index in [-0.39, 0.29) is 36.2 Å². The van der Waals surface area contributed by atoms with E-state index >= 15 is 0 Å². The number of benzene rings is 3. The van der Waals surface area contributed by atoms with Gasteiger partial charge in [-0.15, -0.1) is 0 Å². The normalized spacial score (nSPS) is 21.2. The lowest BCUT2D eigenvalue weighted by atomic mass is 9.91. The summed E-state index contributed by atoms with van der Waals surface area (Å²) in [7, 11) is -3.60.